The second kappa shape index (κ2) is 3.91. The Morgan fingerprint density at radius 1 is 1.30 bits per heavy atom. The lowest BCUT2D eigenvalue weighted by atomic mass is 10.3. The fraction of sp³-hybridized carbons (Fsp3) is 0. The zero-order valence-electron chi connectivity index (χ0n) is 10.1. The standard InChI is InChI=1S/C13H8N4O2S/c18-12(19)10-11(15-13-16(10)5-6-20-13)17-7-14-8-3-1-2-4-9(8)17/h1-7H,(H,18,19). The van der Waals surface area contributed by atoms with E-state index in [0.29, 0.717) is 10.8 Å². The molecule has 0 aliphatic carbocycles. The molecule has 20 heavy (non-hydrogen) atoms. The van der Waals surface area contributed by atoms with Gasteiger partial charge >= 0.3 is 5.97 Å². The van der Waals surface area contributed by atoms with Gasteiger partial charge in [-0.1, -0.05) is 12.1 Å². The largest absolute Gasteiger partial charge is 0.476 e. The zero-order valence-corrected chi connectivity index (χ0v) is 10.9. The summed E-state index contributed by atoms with van der Waals surface area (Å²) in [7, 11) is 0. The molecule has 0 unspecified atom stereocenters. The summed E-state index contributed by atoms with van der Waals surface area (Å²) in [5, 5.41) is 11.3. The second-order valence-corrected chi connectivity index (χ2v) is 5.12. The third-order valence-electron chi connectivity index (χ3n) is 3.13. The Morgan fingerprint density at radius 2 is 2.15 bits per heavy atom. The number of imidazole rings is 2. The van der Waals surface area contributed by atoms with Gasteiger partial charge in [-0.3, -0.25) is 8.97 Å². The van der Waals surface area contributed by atoms with E-state index < -0.39 is 5.97 Å². The predicted molar refractivity (Wildman–Crippen MR) is 74.7 cm³/mol. The maximum absolute atomic E-state index is 11.5. The summed E-state index contributed by atoms with van der Waals surface area (Å²) in [6.07, 6.45) is 3.31. The monoisotopic (exact) mass is 284 g/mol. The van der Waals surface area contributed by atoms with Gasteiger partial charge in [0.1, 0.15) is 6.33 Å². The van der Waals surface area contributed by atoms with Gasteiger partial charge in [0.15, 0.2) is 16.5 Å². The average Bonchev–Trinajstić information content (AvgIpc) is 3.10. The van der Waals surface area contributed by atoms with Crippen molar-refractivity contribution >= 4 is 33.3 Å². The van der Waals surface area contributed by atoms with Crippen LogP contribution in [-0.4, -0.2) is 30.0 Å². The second-order valence-electron chi connectivity index (χ2n) is 4.25. The molecule has 0 aliphatic rings. The number of carboxylic acids is 1. The average molecular weight is 284 g/mol. The van der Waals surface area contributed by atoms with Crippen LogP contribution in [0.5, 0.6) is 0 Å². The number of carbonyl (C=O) groups is 1. The Morgan fingerprint density at radius 3 is 3.00 bits per heavy atom. The van der Waals surface area contributed by atoms with Crippen LogP contribution in [0, 0.1) is 0 Å². The summed E-state index contributed by atoms with van der Waals surface area (Å²) < 4.78 is 3.29. The van der Waals surface area contributed by atoms with Crippen molar-refractivity contribution in [3.63, 3.8) is 0 Å². The number of nitrogens with zero attached hydrogens (tertiary/aromatic N) is 4. The van der Waals surface area contributed by atoms with Crippen LogP contribution in [0.3, 0.4) is 0 Å². The summed E-state index contributed by atoms with van der Waals surface area (Å²) in [4.78, 5) is 20.9. The predicted octanol–water partition coefficient (Wildman–Crippen LogP) is 2.43. The molecule has 3 heterocycles. The molecule has 4 aromatic rings. The molecule has 0 radical (unpaired) electrons. The highest BCUT2D eigenvalue weighted by Gasteiger charge is 2.21. The van der Waals surface area contributed by atoms with Crippen LogP contribution in [0.4, 0.5) is 0 Å². The molecule has 1 aromatic carbocycles. The Kier molecular flexibility index (Phi) is 2.19. The van der Waals surface area contributed by atoms with E-state index in [1.165, 1.54) is 11.3 Å². The molecule has 1 N–H and O–H groups in total. The van der Waals surface area contributed by atoms with E-state index in [1.807, 2.05) is 29.6 Å². The van der Waals surface area contributed by atoms with Gasteiger partial charge in [-0.05, 0) is 12.1 Å². The number of rotatable bonds is 2. The Hall–Kier alpha value is -2.67. The topological polar surface area (TPSA) is 72.4 Å². The quantitative estimate of drug-likeness (QED) is 0.613. The van der Waals surface area contributed by atoms with Crippen molar-refractivity contribution in [3.05, 3.63) is 47.9 Å². The van der Waals surface area contributed by atoms with Crippen LogP contribution < -0.4 is 0 Å². The molecule has 0 saturated heterocycles. The van der Waals surface area contributed by atoms with E-state index in [2.05, 4.69) is 9.97 Å². The fourth-order valence-electron chi connectivity index (χ4n) is 2.27. The molecular weight excluding hydrogens is 276 g/mol. The molecule has 0 fully saturated rings. The van der Waals surface area contributed by atoms with E-state index in [-0.39, 0.29) is 5.69 Å². The van der Waals surface area contributed by atoms with Gasteiger partial charge in [0.25, 0.3) is 0 Å². The summed E-state index contributed by atoms with van der Waals surface area (Å²) in [6, 6.07) is 7.55. The molecule has 0 spiro atoms. The number of para-hydroxylation sites is 2. The van der Waals surface area contributed by atoms with Gasteiger partial charge in [-0.2, -0.15) is 4.98 Å². The van der Waals surface area contributed by atoms with Crippen LogP contribution in [0.25, 0.3) is 21.8 Å². The van der Waals surface area contributed by atoms with Gasteiger partial charge in [0.2, 0.25) is 0 Å². The van der Waals surface area contributed by atoms with Crippen molar-refractivity contribution < 1.29 is 9.90 Å². The lowest BCUT2D eigenvalue weighted by Crippen LogP contribution is -2.06. The lowest BCUT2D eigenvalue weighted by molar-refractivity contribution is 0.0689. The first kappa shape index (κ1) is 11.2. The third-order valence-corrected chi connectivity index (χ3v) is 3.88. The summed E-state index contributed by atoms with van der Waals surface area (Å²) >= 11 is 1.40. The van der Waals surface area contributed by atoms with Crippen LogP contribution in [0.1, 0.15) is 10.5 Å². The summed E-state index contributed by atoms with van der Waals surface area (Å²) in [5.74, 6) is -0.623. The first-order valence-electron chi connectivity index (χ1n) is 5.87. The SMILES string of the molecule is O=C(O)c1c(-n2cnc3ccccc32)nc2sccn12. The molecule has 0 bridgehead atoms. The summed E-state index contributed by atoms with van der Waals surface area (Å²) in [6.45, 7) is 0. The van der Waals surface area contributed by atoms with Gasteiger partial charge in [0.05, 0.1) is 11.0 Å². The van der Waals surface area contributed by atoms with E-state index >= 15 is 0 Å². The van der Waals surface area contributed by atoms with Crippen molar-refractivity contribution in [1.29, 1.82) is 0 Å². The fourth-order valence-corrected chi connectivity index (χ4v) is 2.98. The molecule has 4 rings (SSSR count). The van der Waals surface area contributed by atoms with Crippen molar-refractivity contribution in [3.8, 4) is 5.82 Å². The molecule has 0 aliphatic heterocycles. The number of aromatic nitrogens is 4. The number of carboxylic acid groups (broad SMARTS) is 1. The van der Waals surface area contributed by atoms with Crippen LogP contribution in [-0.2, 0) is 0 Å². The molecule has 6 nitrogen and oxygen atoms in total. The highest BCUT2D eigenvalue weighted by molar-refractivity contribution is 7.15. The smallest absolute Gasteiger partial charge is 0.356 e. The van der Waals surface area contributed by atoms with Crippen molar-refractivity contribution in [2.24, 2.45) is 0 Å². The first-order chi connectivity index (χ1) is 9.75. The third kappa shape index (κ3) is 1.41. The summed E-state index contributed by atoms with van der Waals surface area (Å²) in [5.41, 5.74) is 1.78. The van der Waals surface area contributed by atoms with Gasteiger partial charge in [-0.25, -0.2) is 9.78 Å². The normalized spacial score (nSPS) is 11.4. The van der Waals surface area contributed by atoms with Crippen LogP contribution in [0.2, 0.25) is 0 Å². The lowest BCUT2D eigenvalue weighted by Gasteiger charge is -2.01. The van der Waals surface area contributed by atoms with E-state index in [0.717, 1.165) is 11.0 Å². The number of thiazole rings is 1. The van der Waals surface area contributed by atoms with E-state index in [1.54, 1.807) is 21.5 Å². The number of aromatic carboxylic acids is 1. The molecule has 98 valence electrons. The van der Waals surface area contributed by atoms with Crippen molar-refractivity contribution in [2.45, 2.75) is 0 Å². The molecular formula is C13H8N4O2S. The van der Waals surface area contributed by atoms with Crippen LogP contribution in [0.15, 0.2) is 42.2 Å². The molecule has 3 aromatic heterocycles. The number of hydrogen-bond donors (Lipinski definition) is 1. The minimum absolute atomic E-state index is 0.143. The Bertz CT molecular complexity index is 950. The highest BCUT2D eigenvalue weighted by Crippen LogP contribution is 2.24. The van der Waals surface area contributed by atoms with E-state index in [4.69, 9.17) is 0 Å². The maximum atomic E-state index is 11.5. The molecule has 7 heteroatoms. The Balaban J connectivity index is 2.09. The zero-order chi connectivity index (χ0) is 13.7. The van der Waals surface area contributed by atoms with Gasteiger partial charge < -0.3 is 5.11 Å². The number of fused-ring (bicyclic) bond motifs is 2. The van der Waals surface area contributed by atoms with E-state index in [9.17, 15) is 9.90 Å². The number of benzene rings is 1. The maximum Gasteiger partial charge on any atom is 0.356 e. The van der Waals surface area contributed by atoms with Crippen LogP contribution >= 0.6 is 11.3 Å². The first-order valence-corrected chi connectivity index (χ1v) is 6.75. The molecule has 0 atom stereocenters. The highest BCUT2D eigenvalue weighted by atomic mass is 32.1. The molecule has 0 amide bonds. The van der Waals surface area contributed by atoms with Gasteiger partial charge in [-0.15, -0.1) is 11.3 Å². The Labute approximate surface area is 116 Å². The van der Waals surface area contributed by atoms with Crippen molar-refractivity contribution in [1.82, 2.24) is 18.9 Å². The minimum atomic E-state index is -1.01. The number of hydrogen-bond acceptors (Lipinski definition) is 4. The minimum Gasteiger partial charge on any atom is -0.476 e. The molecule has 0 saturated carbocycles. The van der Waals surface area contributed by atoms with Crippen molar-refractivity contribution in [2.75, 3.05) is 0 Å². The van der Waals surface area contributed by atoms with Gasteiger partial charge in [0, 0.05) is 11.6 Å².